The summed E-state index contributed by atoms with van der Waals surface area (Å²) in [4.78, 5) is 6.64. The standard InChI is InChI=1S/C15H21N3O/c1-18-9-8-16-15(18)17-11-13-7-10-19-14(13)12-5-3-2-4-6-12/h2-6,13-14H,7-11H2,1H3,(H,16,17)/t13-,14-/m0/s1. The zero-order valence-corrected chi connectivity index (χ0v) is 11.4. The highest BCUT2D eigenvalue weighted by Gasteiger charge is 2.29. The van der Waals surface area contributed by atoms with Gasteiger partial charge < -0.3 is 15.0 Å². The maximum atomic E-state index is 5.90. The van der Waals surface area contributed by atoms with E-state index in [1.54, 1.807) is 0 Å². The summed E-state index contributed by atoms with van der Waals surface area (Å²) in [5.74, 6) is 1.55. The van der Waals surface area contributed by atoms with Gasteiger partial charge in [0.25, 0.3) is 0 Å². The topological polar surface area (TPSA) is 36.9 Å². The monoisotopic (exact) mass is 259 g/mol. The van der Waals surface area contributed by atoms with Gasteiger partial charge in [-0.1, -0.05) is 30.3 Å². The van der Waals surface area contributed by atoms with Gasteiger partial charge in [-0.2, -0.15) is 0 Å². The van der Waals surface area contributed by atoms with E-state index in [9.17, 15) is 0 Å². The summed E-state index contributed by atoms with van der Waals surface area (Å²) in [7, 11) is 2.08. The van der Waals surface area contributed by atoms with Crippen LogP contribution in [0.4, 0.5) is 0 Å². The number of hydrogen-bond acceptors (Lipinski definition) is 4. The van der Waals surface area contributed by atoms with E-state index in [0.29, 0.717) is 5.92 Å². The largest absolute Gasteiger partial charge is 0.373 e. The van der Waals surface area contributed by atoms with Gasteiger partial charge in [0, 0.05) is 32.7 Å². The number of ether oxygens (including phenoxy) is 1. The molecule has 1 aromatic carbocycles. The van der Waals surface area contributed by atoms with Crippen molar-refractivity contribution in [3.8, 4) is 0 Å². The molecule has 1 saturated heterocycles. The molecule has 4 heteroatoms. The van der Waals surface area contributed by atoms with Gasteiger partial charge in [-0.25, -0.2) is 0 Å². The van der Waals surface area contributed by atoms with Crippen LogP contribution in [0.2, 0.25) is 0 Å². The van der Waals surface area contributed by atoms with Gasteiger partial charge in [0.2, 0.25) is 0 Å². The minimum atomic E-state index is 0.223. The summed E-state index contributed by atoms with van der Waals surface area (Å²) < 4.78 is 5.90. The van der Waals surface area contributed by atoms with E-state index in [4.69, 9.17) is 4.74 Å². The minimum absolute atomic E-state index is 0.223. The molecule has 1 N–H and O–H groups in total. The summed E-state index contributed by atoms with van der Waals surface area (Å²) in [5, 5.41) is 3.47. The summed E-state index contributed by atoms with van der Waals surface area (Å²) in [6.07, 6.45) is 1.34. The number of rotatable bonds is 3. The Labute approximate surface area is 114 Å². The SMILES string of the molecule is CN1CCN=C1NC[C@@H]1CCO[C@H]1c1ccccc1. The fourth-order valence-corrected chi connectivity index (χ4v) is 2.80. The fourth-order valence-electron chi connectivity index (χ4n) is 2.80. The average Bonchev–Trinajstić information content (AvgIpc) is 3.06. The highest BCUT2D eigenvalue weighted by atomic mass is 16.5. The van der Waals surface area contributed by atoms with Gasteiger partial charge in [-0.3, -0.25) is 4.99 Å². The lowest BCUT2D eigenvalue weighted by Crippen LogP contribution is -2.38. The van der Waals surface area contributed by atoms with E-state index in [2.05, 4.69) is 46.5 Å². The van der Waals surface area contributed by atoms with E-state index in [1.807, 2.05) is 6.07 Å². The van der Waals surface area contributed by atoms with Crippen LogP contribution < -0.4 is 5.32 Å². The predicted molar refractivity (Wildman–Crippen MR) is 76.2 cm³/mol. The van der Waals surface area contributed by atoms with E-state index in [1.165, 1.54) is 5.56 Å². The molecule has 2 atom stereocenters. The van der Waals surface area contributed by atoms with E-state index >= 15 is 0 Å². The first kappa shape index (κ1) is 12.5. The average molecular weight is 259 g/mol. The molecule has 19 heavy (non-hydrogen) atoms. The second kappa shape index (κ2) is 5.61. The van der Waals surface area contributed by atoms with Crippen molar-refractivity contribution in [3.05, 3.63) is 35.9 Å². The Morgan fingerprint density at radius 2 is 2.21 bits per heavy atom. The molecule has 2 aliphatic heterocycles. The van der Waals surface area contributed by atoms with Crippen LogP contribution in [-0.4, -0.2) is 44.1 Å². The van der Waals surface area contributed by atoms with Crippen LogP contribution in [0.5, 0.6) is 0 Å². The van der Waals surface area contributed by atoms with E-state index in [0.717, 1.165) is 38.6 Å². The summed E-state index contributed by atoms with van der Waals surface area (Å²) >= 11 is 0. The molecule has 1 aromatic rings. The van der Waals surface area contributed by atoms with Crippen molar-refractivity contribution in [2.45, 2.75) is 12.5 Å². The zero-order chi connectivity index (χ0) is 13.1. The Morgan fingerprint density at radius 3 is 2.95 bits per heavy atom. The quantitative estimate of drug-likeness (QED) is 0.897. The van der Waals surface area contributed by atoms with E-state index < -0.39 is 0 Å². The molecule has 3 rings (SSSR count). The van der Waals surface area contributed by atoms with Crippen molar-refractivity contribution >= 4 is 5.96 Å². The highest BCUT2D eigenvalue weighted by Crippen LogP contribution is 2.33. The van der Waals surface area contributed by atoms with Crippen molar-refractivity contribution in [3.63, 3.8) is 0 Å². The summed E-state index contributed by atoms with van der Waals surface area (Å²) in [5.41, 5.74) is 1.29. The third-order valence-corrected chi connectivity index (χ3v) is 3.92. The zero-order valence-electron chi connectivity index (χ0n) is 11.4. The van der Waals surface area contributed by atoms with Crippen LogP contribution in [0.3, 0.4) is 0 Å². The lowest BCUT2D eigenvalue weighted by Gasteiger charge is -2.22. The van der Waals surface area contributed by atoms with Gasteiger partial charge in [0.15, 0.2) is 5.96 Å². The lowest BCUT2D eigenvalue weighted by molar-refractivity contribution is 0.0914. The van der Waals surface area contributed by atoms with E-state index in [-0.39, 0.29) is 6.10 Å². The van der Waals surface area contributed by atoms with Crippen LogP contribution in [0.25, 0.3) is 0 Å². The van der Waals surface area contributed by atoms with Crippen molar-refractivity contribution in [2.24, 2.45) is 10.9 Å². The van der Waals surface area contributed by atoms with Gasteiger partial charge in [0.05, 0.1) is 12.6 Å². The van der Waals surface area contributed by atoms with Crippen LogP contribution in [-0.2, 0) is 4.74 Å². The highest BCUT2D eigenvalue weighted by molar-refractivity contribution is 5.81. The predicted octanol–water partition coefficient (Wildman–Crippen LogP) is 1.66. The second-order valence-corrected chi connectivity index (χ2v) is 5.26. The normalized spacial score (nSPS) is 26.6. The molecule has 2 heterocycles. The third-order valence-electron chi connectivity index (χ3n) is 3.92. The van der Waals surface area contributed by atoms with Crippen molar-refractivity contribution in [1.82, 2.24) is 10.2 Å². The van der Waals surface area contributed by atoms with Crippen LogP contribution in [0, 0.1) is 5.92 Å². The number of guanidine groups is 1. The maximum Gasteiger partial charge on any atom is 0.193 e. The first-order chi connectivity index (χ1) is 9.34. The first-order valence-corrected chi connectivity index (χ1v) is 7.00. The molecule has 0 aromatic heterocycles. The second-order valence-electron chi connectivity index (χ2n) is 5.26. The molecule has 0 radical (unpaired) electrons. The minimum Gasteiger partial charge on any atom is -0.373 e. The molecule has 0 aliphatic carbocycles. The molecular formula is C15H21N3O. The number of hydrogen-bond donors (Lipinski definition) is 1. The van der Waals surface area contributed by atoms with Crippen LogP contribution >= 0.6 is 0 Å². The van der Waals surface area contributed by atoms with Gasteiger partial charge >= 0.3 is 0 Å². The lowest BCUT2D eigenvalue weighted by atomic mass is 9.95. The Morgan fingerprint density at radius 1 is 1.37 bits per heavy atom. The number of nitrogens with one attached hydrogen (secondary N) is 1. The maximum absolute atomic E-state index is 5.90. The Balaban J connectivity index is 1.61. The Hall–Kier alpha value is -1.55. The van der Waals surface area contributed by atoms with Gasteiger partial charge in [-0.05, 0) is 12.0 Å². The molecule has 4 nitrogen and oxygen atoms in total. The number of benzene rings is 1. The molecule has 0 amide bonds. The van der Waals surface area contributed by atoms with Crippen molar-refractivity contribution in [2.75, 3.05) is 33.3 Å². The van der Waals surface area contributed by atoms with Crippen LogP contribution in [0.15, 0.2) is 35.3 Å². The first-order valence-electron chi connectivity index (χ1n) is 7.00. The van der Waals surface area contributed by atoms with Crippen LogP contribution in [0.1, 0.15) is 18.1 Å². The fraction of sp³-hybridized carbons (Fsp3) is 0.533. The molecule has 0 saturated carbocycles. The molecule has 1 fully saturated rings. The molecule has 2 aliphatic rings. The summed E-state index contributed by atoms with van der Waals surface area (Å²) in [6.45, 7) is 3.71. The molecule has 0 unspecified atom stereocenters. The third kappa shape index (κ3) is 2.73. The smallest absolute Gasteiger partial charge is 0.193 e. The Bertz CT molecular complexity index is 446. The van der Waals surface area contributed by atoms with Gasteiger partial charge in [-0.15, -0.1) is 0 Å². The molecule has 0 spiro atoms. The van der Waals surface area contributed by atoms with Gasteiger partial charge in [0.1, 0.15) is 0 Å². The van der Waals surface area contributed by atoms with Crippen molar-refractivity contribution < 1.29 is 4.74 Å². The molecule has 102 valence electrons. The Kier molecular flexibility index (Phi) is 3.69. The number of likely N-dealkylation sites (N-methyl/N-ethyl adjacent to an activating group) is 1. The number of nitrogens with zero attached hydrogens (tertiary/aromatic N) is 2. The molecule has 0 bridgehead atoms. The van der Waals surface area contributed by atoms with Crippen molar-refractivity contribution in [1.29, 1.82) is 0 Å². The summed E-state index contributed by atoms with van der Waals surface area (Å²) in [6, 6.07) is 10.5. The molecular weight excluding hydrogens is 238 g/mol. The number of aliphatic imine (C=N–C) groups is 1.